The van der Waals surface area contributed by atoms with Crippen LogP contribution in [0.2, 0.25) is 0 Å². The van der Waals surface area contributed by atoms with E-state index in [4.69, 9.17) is 10.7 Å². The molecule has 1 fully saturated rings. The first-order chi connectivity index (χ1) is 11.6. The summed E-state index contributed by atoms with van der Waals surface area (Å²) in [6, 6.07) is 7.54. The summed E-state index contributed by atoms with van der Waals surface area (Å²) in [5.41, 5.74) is 8.75. The highest BCUT2D eigenvalue weighted by Gasteiger charge is 2.22. The number of aromatic nitrogens is 2. The van der Waals surface area contributed by atoms with Crippen molar-refractivity contribution in [2.75, 3.05) is 25.5 Å². The Labute approximate surface area is 142 Å². The van der Waals surface area contributed by atoms with E-state index in [9.17, 15) is 4.79 Å². The summed E-state index contributed by atoms with van der Waals surface area (Å²) in [5, 5.41) is 3.55. The minimum absolute atomic E-state index is 0.202. The minimum Gasteiger partial charge on any atom is -0.366 e. The third-order valence-electron chi connectivity index (χ3n) is 4.30. The SMILES string of the molecule is CN(C)c1ncc(-c2cccc(C(N)=O)c2)c(C2CCCCN2)n1. The number of nitrogens with one attached hydrogen (secondary N) is 1. The second kappa shape index (κ2) is 6.97. The van der Waals surface area contributed by atoms with Gasteiger partial charge in [0.05, 0.1) is 11.7 Å². The lowest BCUT2D eigenvalue weighted by Gasteiger charge is -2.26. The molecule has 3 rings (SSSR count). The zero-order valence-corrected chi connectivity index (χ0v) is 14.1. The number of piperidine rings is 1. The van der Waals surface area contributed by atoms with Crippen LogP contribution in [0.3, 0.4) is 0 Å². The number of carbonyl (C=O) groups is 1. The van der Waals surface area contributed by atoms with E-state index in [1.807, 2.05) is 43.4 Å². The Morgan fingerprint density at radius 2 is 2.17 bits per heavy atom. The molecule has 6 nitrogen and oxygen atoms in total. The molecule has 6 heteroatoms. The van der Waals surface area contributed by atoms with E-state index < -0.39 is 5.91 Å². The van der Waals surface area contributed by atoms with Crippen molar-refractivity contribution in [2.45, 2.75) is 25.3 Å². The van der Waals surface area contributed by atoms with Crippen LogP contribution in [0.1, 0.15) is 41.4 Å². The van der Waals surface area contributed by atoms with Crippen molar-refractivity contribution in [1.82, 2.24) is 15.3 Å². The van der Waals surface area contributed by atoms with Crippen molar-refractivity contribution < 1.29 is 4.79 Å². The highest BCUT2D eigenvalue weighted by atomic mass is 16.1. The normalized spacial score (nSPS) is 17.5. The van der Waals surface area contributed by atoms with E-state index in [1.54, 1.807) is 6.07 Å². The van der Waals surface area contributed by atoms with E-state index in [-0.39, 0.29) is 6.04 Å². The summed E-state index contributed by atoms with van der Waals surface area (Å²) in [6.45, 7) is 0.993. The number of nitrogens with zero attached hydrogens (tertiary/aromatic N) is 3. The lowest BCUT2D eigenvalue weighted by Crippen LogP contribution is -2.28. The molecule has 126 valence electrons. The predicted molar refractivity (Wildman–Crippen MR) is 94.9 cm³/mol. The molecule has 0 aliphatic carbocycles. The van der Waals surface area contributed by atoms with Crippen LogP contribution in [-0.2, 0) is 0 Å². The average Bonchev–Trinajstić information content (AvgIpc) is 2.62. The van der Waals surface area contributed by atoms with Gasteiger partial charge in [-0.3, -0.25) is 4.79 Å². The van der Waals surface area contributed by atoms with E-state index in [0.29, 0.717) is 11.5 Å². The molecule has 1 aliphatic rings. The van der Waals surface area contributed by atoms with E-state index in [1.165, 1.54) is 12.8 Å². The third-order valence-corrected chi connectivity index (χ3v) is 4.30. The number of rotatable bonds is 4. The number of anilines is 1. The van der Waals surface area contributed by atoms with E-state index in [2.05, 4.69) is 10.3 Å². The van der Waals surface area contributed by atoms with Gasteiger partial charge in [0.2, 0.25) is 11.9 Å². The molecule has 2 heterocycles. The Bertz CT molecular complexity index is 738. The fourth-order valence-electron chi connectivity index (χ4n) is 3.01. The van der Waals surface area contributed by atoms with Gasteiger partial charge >= 0.3 is 0 Å². The van der Waals surface area contributed by atoms with Gasteiger partial charge < -0.3 is 16.0 Å². The number of hydrogen-bond donors (Lipinski definition) is 2. The van der Waals surface area contributed by atoms with Crippen LogP contribution in [0.25, 0.3) is 11.1 Å². The number of primary amides is 1. The van der Waals surface area contributed by atoms with Crippen molar-refractivity contribution in [2.24, 2.45) is 5.73 Å². The number of carbonyl (C=O) groups excluding carboxylic acids is 1. The van der Waals surface area contributed by atoms with Crippen molar-refractivity contribution in [3.05, 3.63) is 41.7 Å². The fraction of sp³-hybridized carbons (Fsp3) is 0.389. The summed E-state index contributed by atoms with van der Waals surface area (Å²) in [4.78, 5) is 22.6. The Hall–Kier alpha value is -2.47. The number of nitrogens with two attached hydrogens (primary N) is 1. The van der Waals surface area contributed by atoms with Crippen LogP contribution < -0.4 is 16.0 Å². The van der Waals surface area contributed by atoms with Crippen molar-refractivity contribution in [3.8, 4) is 11.1 Å². The van der Waals surface area contributed by atoms with Crippen molar-refractivity contribution in [1.29, 1.82) is 0 Å². The Morgan fingerprint density at radius 3 is 2.83 bits per heavy atom. The van der Waals surface area contributed by atoms with Gasteiger partial charge in [-0.05, 0) is 37.1 Å². The van der Waals surface area contributed by atoms with Gasteiger partial charge in [-0.1, -0.05) is 18.6 Å². The largest absolute Gasteiger partial charge is 0.366 e. The second-order valence-corrected chi connectivity index (χ2v) is 6.31. The summed E-state index contributed by atoms with van der Waals surface area (Å²) in [6.07, 6.45) is 5.26. The third kappa shape index (κ3) is 3.38. The highest BCUT2D eigenvalue weighted by molar-refractivity contribution is 5.94. The Balaban J connectivity index is 2.08. The molecule has 2 aromatic rings. The van der Waals surface area contributed by atoms with Crippen LogP contribution in [-0.4, -0.2) is 36.5 Å². The zero-order valence-electron chi connectivity index (χ0n) is 14.1. The van der Waals surface area contributed by atoms with E-state index in [0.717, 1.165) is 29.8 Å². The summed E-state index contributed by atoms with van der Waals surface area (Å²) < 4.78 is 0. The summed E-state index contributed by atoms with van der Waals surface area (Å²) >= 11 is 0. The standard InChI is InChI=1S/C18H23N5O/c1-23(2)18-21-11-14(12-6-5-7-13(10-12)17(19)24)16(22-18)15-8-3-4-9-20-15/h5-7,10-11,15,20H,3-4,8-9H2,1-2H3,(H2,19,24). The molecule has 24 heavy (non-hydrogen) atoms. The minimum atomic E-state index is -0.431. The van der Waals surface area contributed by atoms with Gasteiger partial charge in [-0.25, -0.2) is 9.97 Å². The van der Waals surface area contributed by atoms with Crippen molar-refractivity contribution >= 4 is 11.9 Å². The first-order valence-corrected chi connectivity index (χ1v) is 8.24. The molecular formula is C18H23N5O. The van der Waals surface area contributed by atoms with Crippen LogP contribution in [0, 0.1) is 0 Å². The maximum absolute atomic E-state index is 11.5. The molecule has 1 amide bonds. The first kappa shape index (κ1) is 16.4. The van der Waals surface area contributed by atoms with Crippen LogP contribution in [0.5, 0.6) is 0 Å². The number of benzene rings is 1. The molecule has 0 spiro atoms. The van der Waals surface area contributed by atoms with E-state index >= 15 is 0 Å². The number of amides is 1. The smallest absolute Gasteiger partial charge is 0.248 e. The zero-order chi connectivity index (χ0) is 17.1. The Morgan fingerprint density at radius 1 is 1.33 bits per heavy atom. The molecule has 3 N–H and O–H groups in total. The van der Waals surface area contributed by atoms with Gasteiger partial charge in [0.15, 0.2) is 0 Å². The summed E-state index contributed by atoms with van der Waals surface area (Å²) in [5.74, 6) is 0.257. The lowest BCUT2D eigenvalue weighted by atomic mass is 9.95. The lowest BCUT2D eigenvalue weighted by molar-refractivity contribution is 0.100. The topological polar surface area (TPSA) is 84.1 Å². The number of hydrogen-bond acceptors (Lipinski definition) is 5. The molecule has 1 unspecified atom stereocenters. The Kier molecular flexibility index (Phi) is 4.76. The predicted octanol–water partition coefficient (Wildman–Crippen LogP) is 2.12. The van der Waals surface area contributed by atoms with Gasteiger partial charge in [-0.2, -0.15) is 0 Å². The fourth-order valence-corrected chi connectivity index (χ4v) is 3.01. The monoisotopic (exact) mass is 325 g/mol. The maximum Gasteiger partial charge on any atom is 0.248 e. The highest BCUT2D eigenvalue weighted by Crippen LogP contribution is 2.32. The molecule has 1 saturated heterocycles. The van der Waals surface area contributed by atoms with Gasteiger partial charge in [0.25, 0.3) is 0 Å². The molecular weight excluding hydrogens is 302 g/mol. The van der Waals surface area contributed by atoms with Gasteiger partial charge in [0, 0.05) is 31.4 Å². The van der Waals surface area contributed by atoms with Crippen molar-refractivity contribution in [3.63, 3.8) is 0 Å². The molecule has 0 radical (unpaired) electrons. The molecule has 0 bridgehead atoms. The molecule has 1 aromatic carbocycles. The molecule has 1 aliphatic heterocycles. The second-order valence-electron chi connectivity index (χ2n) is 6.31. The molecule has 1 aromatic heterocycles. The molecule has 1 atom stereocenters. The van der Waals surface area contributed by atoms with Gasteiger partial charge in [-0.15, -0.1) is 0 Å². The average molecular weight is 325 g/mol. The van der Waals surface area contributed by atoms with Crippen LogP contribution >= 0.6 is 0 Å². The molecule has 0 saturated carbocycles. The van der Waals surface area contributed by atoms with Crippen LogP contribution in [0.4, 0.5) is 5.95 Å². The first-order valence-electron chi connectivity index (χ1n) is 8.24. The summed E-state index contributed by atoms with van der Waals surface area (Å²) in [7, 11) is 3.86. The quantitative estimate of drug-likeness (QED) is 0.899. The maximum atomic E-state index is 11.5. The van der Waals surface area contributed by atoms with Crippen LogP contribution in [0.15, 0.2) is 30.5 Å². The van der Waals surface area contributed by atoms with Gasteiger partial charge in [0.1, 0.15) is 0 Å².